The molecule has 0 saturated heterocycles. The maximum absolute atomic E-state index is 11.3. The second-order valence-electron chi connectivity index (χ2n) is 7.02. The Labute approximate surface area is 172 Å². The lowest BCUT2D eigenvalue weighted by atomic mass is 10.0. The molecule has 5 heteroatoms. The molecule has 0 aliphatic carbocycles. The number of benzene rings is 3. The van der Waals surface area contributed by atoms with Crippen molar-refractivity contribution in [2.24, 2.45) is 0 Å². The lowest BCUT2D eigenvalue weighted by Crippen LogP contribution is -2.29. The van der Waals surface area contributed by atoms with Gasteiger partial charge in [-0.25, -0.2) is 4.98 Å². The van der Waals surface area contributed by atoms with Crippen LogP contribution >= 0.6 is 11.3 Å². The molecule has 5 rings (SSSR count). The van der Waals surface area contributed by atoms with E-state index < -0.39 is 6.04 Å². The minimum absolute atomic E-state index is 0.191. The molecule has 1 aromatic heterocycles. The Morgan fingerprint density at radius 2 is 1.55 bits per heavy atom. The maximum Gasteiger partial charge on any atom is 0.135 e. The van der Waals surface area contributed by atoms with Crippen LogP contribution in [0.3, 0.4) is 0 Å². The van der Waals surface area contributed by atoms with Gasteiger partial charge in [0.2, 0.25) is 0 Å². The average Bonchev–Trinajstić information content (AvgIpc) is 3.28. The fourth-order valence-electron chi connectivity index (χ4n) is 3.79. The first-order valence-corrected chi connectivity index (χ1v) is 10.3. The van der Waals surface area contributed by atoms with Gasteiger partial charge in [0, 0.05) is 6.54 Å². The molecule has 0 saturated carbocycles. The number of rotatable bonds is 4. The summed E-state index contributed by atoms with van der Waals surface area (Å²) < 4.78 is 1.05. The van der Waals surface area contributed by atoms with Gasteiger partial charge in [0.05, 0.1) is 15.8 Å². The van der Waals surface area contributed by atoms with Crippen molar-refractivity contribution in [2.75, 3.05) is 0 Å². The molecular formula is C24H19N3OS. The van der Waals surface area contributed by atoms with Gasteiger partial charge in [-0.1, -0.05) is 72.8 Å². The lowest BCUT2D eigenvalue weighted by molar-refractivity contribution is 0.270. The van der Waals surface area contributed by atoms with Crippen molar-refractivity contribution in [2.45, 2.75) is 12.6 Å². The largest absolute Gasteiger partial charge is 0.509 e. The van der Waals surface area contributed by atoms with Gasteiger partial charge in [-0.3, -0.25) is 5.41 Å². The van der Waals surface area contributed by atoms with E-state index in [0.29, 0.717) is 23.0 Å². The molecule has 1 aliphatic heterocycles. The van der Waals surface area contributed by atoms with Crippen LogP contribution in [0.4, 0.5) is 0 Å². The topological polar surface area (TPSA) is 60.2 Å². The Hall–Kier alpha value is -3.44. The van der Waals surface area contributed by atoms with Gasteiger partial charge in [0.25, 0.3) is 0 Å². The van der Waals surface area contributed by atoms with E-state index in [2.05, 4.69) is 0 Å². The third-order valence-electron chi connectivity index (χ3n) is 5.17. The third-order valence-corrected chi connectivity index (χ3v) is 6.22. The zero-order valence-electron chi connectivity index (χ0n) is 15.6. The molecule has 0 amide bonds. The fraction of sp³-hybridized carbons (Fsp3) is 0.0833. The number of aliphatic hydroxyl groups excluding tert-OH is 1. The Morgan fingerprint density at radius 1 is 0.897 bits per heavy atom. The van der Waals surface area contributed by atoms with Crippen LogP contribution in [0, 0.1) is 5.41 Å². The van der Waals surface area contributed by atoms with Gasteiger partial charge in [-0.2, -0.15) is 0 Å². The van der Waals surface area contributed by atoms with Crippen LogP contribution in [0.15, 0.2) is 90.7 Å². The molecule has 142 valence electrons. The number of thiazole rings is 1. The summed E-state index contributed by atoms with van der Waals surface area (Å²) in [4.78, 5) is 6.64. The molecule has 1 atom stereocenters. The number of para-hydroxylation sites is 1. The average molecular weight is 398 g/mol. The van der Waals surface area contributed by atoms with E-state index >= 15 is 0 Å². The van der Waals surface area contributed by atoms with E-state index in [0.717, 1.165) is 21.3 Å². The van der Waals surface area contributed by atoms with Crippen molar-refractivity contribution in [3.63, 3.8) is 0 Å². The Bertz CT molecular complexity index is 1180. The molecule has 3 aromatic carbocycles. The summed E-state index contributed by atoms with van der Waals surface area (Å²) in [6, 6.07) is 27.4. The van der Waals surface area contributed by atoms with E-state index in [1.807, 2.05) is 89.8 Å². The van der Waals surface area contributed by atoms with Crippen molar-refractivity contribution >= 4 is 33.0 Å². The van der Waals surface area contributed by atoms with Crippen molar-refractivity contribution in [1.82, 2.24) is 9.88 Å². The van der Waals surface area contributed by atoms with E-state index in [-0.39, 0.29) is 5.76 Å². The lowest BCUT2D eigenvalue weighted by Gasteiger charge is -2.27. The third kappa shape index (κ3) is 3.09. The zero-order chi connectivity index (χ0) is 19.8. The van der Waals surface area contributed by atoms with Crippen molar-refractivity contribution in [3.05, 3.63) is 107 Å². The van der Waals surface area contributed by atoms with Gasteiger partial charge in [0.1, 0.15) is 22.6 Å². The second-order valence-corrected chi connectivity index (χ2v) is 8.05. The fourth-order valence-corrected chi connectivity index (χ4v) is 4.81. The summed E-state index contributed by atoms with van der Waals surface area (Å²) in [5.41, 5.74) is 3.47. The number of nitrogens with one attached hydrogen (secondary N) is 1. The van der Waals surface area contributed by atoms with Crippen LogP contribution < -0.4 is 0 Å². The zero-order valence-corrected chi connectivity index (χ0v) is 16.4. The van der Waals surface area contributed by atoms with Crippen LogP contribution in [0.2, 0.25) is 0 Å². The van der Waals surface area contributed by atoms with Gasteiger partial charge in [0.15, 0.2) is 0 Å². The Balaban J connectivity index is 1.62. The highest BCUT2D eigenvalue weighted by Crippen LogP contribution is 2.43. The normalized spacial score (nSPS) is 16.8. The summed E-state index contributed by atoms with van der Waals surface area (Å²) in [5, 5.41) is 20.9. The standard InChI is InChI=1S/C24H19N3OS/c25-23-20(24-26-18-13-7-8-14-19(18)29-24)22(28)21(17-11-5-2-6-12-17)27(23)15-16-9-3-1-4-10-16/h1-14,21,25,28H,15H2. The van der Waals surface area contributed by atoms with Crippen LogP contribution in [0.5, 0.6) is 0 Å². The quantitative estimate of drug-likeness (QED) is 0.457. The van der Waals surface area contributed by atoms with Crippen molar-refractivity contribution in [1.29, 1.82) is 5.41 Å². The first-order valence-electron chi connectivity index (χ1n) is 9.46. The highest BCUT2D eigenvalue weighted by molar-refractivity contribution is 7.19. The number of fused-ring (bicyclic) bond motifs is 1. The monoisotopic (exact) mass is 397 g/mol. The summed E-state index contributed by atoms with van der Waals surface area (Å²) in [6.07, 6.45) is 0. The van der Waals surface area contributed by atoms with Gasteiger partial charge in [-0.05, 0) is 23.3 Å². The van der Waals surface area contributed by atoms with E-state index in [1.54, 1.807) is 0 Å². The van der Waals surface area contributed by atoms with E-state index in [9.17, 15) is 5.11 Å². The number of amidine groups is 1. The SMILES string of the molecule is N=C1C(c2nc3ccccc3s2)=C(O)C(c2ccccc2)N1Cc1ccccc1. The van der Waals surface area contributed by atoms with Crippen LogP contribution in [-0.2, 0) is 6.54 Å². The van der Waals surface area contributed by atoms with Gasteiger partial charge < -0.3 is 10.0 Å². The molecule has 1 aliphatic rings. The molecule has 0 spiro atoms. The molecule has 2 heterocycles. The number of aromatic nitrogens is 1. The predicted octanol–water partition coefficient (Wildman–Crippen LogP) is 5.80. The number of nitrogens with zero attached hydrogens (tertiary/aromatic N) is 2. The highest BCUT2D eigenvalue weighted by Gasteiger charge is 2.39. The van der Waals surface area contributed by atoms with Crippen LogP contribution in [0.1, 0.15) is 22.2 Å². The summed E-state index contributed by atoms with van der Waals surface area (Å²) in [7, 11) is 0. The number of hydrogen-bond acceptors (Lipinski definition) is 4. The molecule has 0 radical (unpaired) electrons. The van der Waals surface area contributed by atoms with Crippen LogP contribution in [0.25, 0.3) is 15.8 Å². The molecule has 2 N–H and O–H groups in total. The molecule has 0 fully saturated rings. The number of hydrogen-bond donors (Lipinski definition) is 2. The molecule has 29 heavy (non-hydrogen) atoms. The molecule has 1 unspecified atom stereocenters. The van der Waals surface area contributed by atoms with Gasteiger partial charge >= 0.3 is 0 Å². The number of aliphatic hydroxyl groups is 1. The van der Waals surface area contributed by atoms with E-state index in [1.165, 1.54) is 11.3 Å². The highest BCUT2D eigenvalue weighted by atomic mass is 32.1. The second kappa shape index (κ2) is 7.18. The summed E-state index contributed by atoms with van der Waals surface area (Å²) >= 11 is 1.51. The molecular weight excluding hydrogens is 378 g/mol. The minimum atomic E-state index is -0.397. The maximum atomic E-state index is 11.3. The van der Waals surface area contributed by atoms with Crippen LogP contribution in [-0.4, -0.2) is 20.8 Å². The van der Waals surface area contributed by atoms with Crippen molar-refractivity contribution < 1.29 is 5.11 Å². The smallest absolute Gasteiger partial charge is 0.135 e. The molecule has 4 aromatic rings. The first kappa shape index (κ1) is 17.6. The predicted molar refractivity (Wildman–Crippen MR) is 118 cm³/mol. The van der Waals surface area contributed by atoms with Gasteiger partial charge in [-0.15, -0.1) is 11.3 Å². The molecule has 4 nitrogen and oxygen atoms in total. The first-order chi connectivity index (χ1) is 14.2. The Morgan fingerprint density at radius 3 is 2.28 bits per heavy atom. The Kier molecular flexibility index (Phi) is 4.37. The van der Waals surface area contributed by atoms with Crippen molar-refractivity contribution in [3.8, 4) is 0 Å². The summed E-state index contributed by atoms with van der Waals surface area (Å²) in [6.45, 7) is 0.539. The summed E-state index contributed by atoms with van der Waals surface area (Å²) in [5.74, 6) is 0.496. The van der Waals surface area contributed by atoms with E-state index in [4.69, 9.17) is 10.4 Å². The molecule has 0 bridgehead atoms. The minimum Gasteiger partial charge on any atom is -0.509 e.